The number of rotatable bonds is 3. The summed E-state index contributed by atoms with van der Waals surface area (Å²) in [6.45, 7) is 4.03. The van der Waals surface area contributed by atoms with Crippen molar-refractivity contribution < 1.29 is 9.53 Å². The van der Waals surface area contributed by atoms with Gasteiger partial charge in [0.2, 0.25) is 5.91 Å². The molecule has 0 N–H and O–H groups in total. The van der Waals surface area contributed by atoms with Crippen LogP contribution in [0.3, 0.4) is 0 Å². The van der Waals surface area contributed by atoms with Gasteiger partial charge in [0.25, 0.3) is 0 Å². The fraction of sp³-hybridized carbons (Fsp3) is 0.471. The van der Waals surface area contributed by atoms with E-state index in [0.717, 1.165) is 17.8 Å². The highest BCUT2D eigenvalue weighted by atomic mass is 16.5. The number of nitrogens with zero attached hydrogens (tertiary/aromatic N) is 4. The first-order chi connectivity index (χ1) is 11.2. The molecule has 3 rings (SSSR count). The highest BCUT2D eigenvalue weighted by molar-refractivity contribution is 5.78. The molecule has 1 amide bonds. The molecule has 0 saturated carbocycles. The minimum atomic E-state index is 0.0816. The van der Waals surface area contributed by atoms with Gasteiger partial charge in [-0.3, -0.25) is 4.79 Å². The maximum absolute atomic E-state index is 12.6. The average Bonchev–Trinajstić information content (AvgIpc) is 2.78. The summed E-state index contributed by atoms with van der Waals surface area (Å²) >= 11 is 0. The highest BCUT2D eigenvalue weighted by Crippen LogP contribution is 2.17. The molecule has 1 aliphatic heterocycles. The Morgan fingerprint density at radius 2 is 2.04 bits per heavy atom. The Hall–Kier alpha value is -2.21. The Morgan fingerprint density at radius 1 is 1.26 bits per heavy atom. The molecule has 2 aromatic rings. The molecule has 1 fully saturated rings. The summed E-state index contributed by atoms with van der Waals surface area (Å²) in [5.41, 5.74) is 0.998. The summed E-state index contributed by atoms with van der Waals surface area (Å²) in [5.74, 6) is 1.55. The maximum atomic E-state index is 12.6. The number of amides is 1. The minimum Gasteiger partial charge on any atom is -0.380 e. The van der Waals surface area contributed by atoms with E-state index in [0.29, 0.717) is 25.6 Å². The molecule has 0 spiro atoms. The smallest absolute Gasteiger partial charge is 0.230 e. The summed E-state index contributed by atoms with van der Waals surface area (Å²) in [4.78, 5) is 14.5. The third kappa shape index (κ3) is 3.42. The number of aromatic nitrogens is 3. The van der Waals surface area contributed by atoms with E-state index in [9.17, 15) is 4.79 Å². The summed E-state index contributed by atoms with van der Waals surface area (Å²) in [7, 11) is 1.90. The number of ether oxygens (including phenoxy) is 1. The van der Waals surface area contributed by atoms with E-state index in [2.05, 4.69) is 17.1 Å². The zero-order chi connectivity index (χ0) is 16.2. The molecule has 0 aliphatic carbocycles. The van der Waals surface area contributed by atoms with Gasteiger partial charge in [-0.25, -0.2) is 0 Å². The molecular formula is C17H22N4O2. The van der Waals surface area contributed by atoms with Gasteiger partial charge in [-0.15, -0.1) is 10.2 Å². The first kappa shape index (κ1) is 15.7. The number of benzene rings is 1. The van der Waals surface area contributed by atoms with Crippen molar-refractivity contribution in [3.05, 3.63) is 36.2 Å². The van der Waals surface area contributed by atoms with Crippen molar-refractivity contribution in [3.63, 3.8) is 0 Å². The summed E-state index contributed by atoms with van der Waals surface area (Å²) in [6.07, 6.45) is 1.14. The fourth-order valence-electron chi connectivity index (χ4n) is 2.86. The zero-order valence-electron chi connectivity index (χ0n) is 13.6. The van der Waals surface area contributed by atoms with Crippen molar-refractivity contribution in [2.45, 2.75) is 25.8 Å². The average molecular weight is 314 g/mol. The van der Waals surface area contributed by atoms with Crippen LogP contribution in [0.15, 0.2) is 30.3 Å². The predicted octanol–water partition coefficient (Wildman–Crippen LogP) is 1.66. The van der Waals surface area contributed by atoms with E-state index in [-0.39, 0.29) is 18.4 Å². The van der Waals surface area contributed by atoms with Crippen LogP contribution in [0.5, 0.6) is 0 Å². The standard InChI is InChI=1S/C17H22N4O2/c1-13-8-10-23-11-9-21(13)16(22)12-15-18-19-17(20(15)2)14-6-4-3-5-7-14/h3-7,13H,8-12H2,1-2H3. The molecule has 1 unspecified atom stereocenters. The highest BCUT2D eigenvalue weighted by Gasteiger charge is 2.24. The van der Waals surface area contributed by atoms with Crippen LogP contribution >= 0.6 is 0 Å². The minimum absolute atomic E-state index is 0.0816. The lowest BCUT2D eigenvalue weighted by Crippen LogP contribution is -2.40. The van der Waals surface area contributed by atoms with Crippen molar-refractivity contribution in [1.82, 2.24) is 19.7 Å². The largest absolute Gasteiger partial charge is 0.380 e. The molecule has 1 aliphatic rings. The zero-order valence-corrected chi connectivity index (χ0v) is 13.6. The van der Waals surface area contributed by atoms with Crippen molar-refractivity contribution in [3.8, 4) is 11.4 Å². The van der Waals surface area contributed by atoms with Crippen LogP contribution in [0.25, 0.3) is 11.4 Å². The fourth-order valence-corrected chi connectivity index (χ4v) is 2.86. The van der Waals surface area contributed by atoms with Crippen LogP contribution in [0, 0.1) is 0 Å². The second kappa shape index (κ2) is 6.91. The number of hydrogen-bond donors (Lipinski definition) is 0. The van der Waals surface area contributed by atoms with Crippen LogP contribution in [-0.2, 0) is 23.0 Å². The third-order valence-electron chi connectivity index (χ3n) is 4.32. The van der Waals surface area contributed by atoms with Crippen LogP contribution in [0.2, 0.25) is 0 Å². The quantitative estimate of drug-likeness (QED) is 0.864. The summed E-state index contributed by atoms with van der Waals surface area (Å²) in [6, 6.07) is 10.1. The van der Waals surface area contributed by atoms with Gasteiger partial charge in [0.05, 0.1) is 13.0 Å². The number of hydrogen-bond acceptors (Lipinski definition) is 4. The van der Waals surface area contributed by atoms with Crippen molar-refractivity contribution in [2.24, 2.45) is 7.05 Å². The second-order valence-electron chi connectivity index (χ2n) is 5.88. The maximum Gasteiger partial charge on any atom is 0.230 e. The summed E-state index contributed by atoms with van der Waals surface area (Å²) < 4.78 is 7.35. The van der Waals surface area contributed by atoms with Crippen LogP contribution in [0.1, 0.15) is 19.2 Å². The Morgan fingerprint density at radius 3 is 2.83 bits per heavy atom. The molecule has 122 valence electrons. The van der Waals surface area contributed by atoms with E-state index in [4.69, 9.17) is 4.74 Å². The normalized spacial score (nSPS) is 18.7. The van der Waals surface area contributed by atoms with E-state index in [1.807, 2.05) is 46.8 Å². The monoisotopic (exact) mass is 314 g/mol. The molecule has 0 radical (unpaired) electrons. The lowest BCUT2D eigenvalue weighted by molar-refractivity contribution is -0.132. The Bertz CT molecular complexity index is 668. The van der Waals surface area contributed by atoms with Crippen LogP contribution < -0.4 is 0 Å². The second-order valence-corrected chi connectivity index (χ2v) is 5.88. The molecule has 1 atom stereocenters. The van der Waals surface area contributed by atoms with Gasteiger partial charge in [0, 0.05) is 31.8 Å². The molecule has 23 heavy (non-hydrogen) atoms. The van der Waals surface area contributed by atoms with Gasteiger partial charge in [0.15, 0.2) is 5.82 Å². The van der Waals surface area contributed by atoms with Crippen molar-refractivity contribution in [1.29, 1.82) is 0 Å². The Balaban J connectivity index is 1.75. The van der Waals surface area contributed by atoms with Crippen LogP contribution in [0.4, 0.5) is 0 Å². The SMILES string of the molecule is CC1CCOCCN1C(=O)Cc1nnc(-c2ccccc2)n1C. The molecule has 1 saturated heterocycles. The van der Waals surface area contributed by atoms with E-state index < -0.39 is 0 Å². The van der Waals surface area contributed by atoms with Gasteiger partial charge >= 0.3 is 0 Å². The van der Waals surface area contributed by atoms with Crippen molar-refractivity contribution >= 4 is 5.91 Å². The lowest BCUT2D eigenvalue weighted by Gasteiger charge is -2.26. The van der Waals surface area contributed by atoms with Gasteiger partial charge in [-0.2, -0.15) is 0 Å². The number of carbonyl (C=O) groups is 1. The van der Waals surface area contributed by atoms with E-state index in [1.165, 1.54) is 0 Å². The van der Waals surface area contributed by atoms with E-state index >= 15 is 0 Å². The Labute approximate surface area is 136 Å². The first-order valence-corrected chi connectivity index (χ1v) is 7.97. The Kier molecular flexibility index (Phi) is 4.71. The van der Waals surface area contributed by atoms with Crippen LogP contribution in [-0.4, -0.2) is 51.4 Å². The molecule has 1 aromatic heterocycles. The molecule has 6 nitrogen and oxygen atoms in total. The first-order valence-electron chi connectivity index (χ1n) is 7.97. The summed E-state index contributed by atoms with van der Waals surface area (Å²) in [5, 5.41) is 8.45. The van der Waals surface area contributed by atoms with Gasteiger partial charge in [-0.1, -0.05) is 30.3 Å². The molecular weight excluding hydrogens is 292 g/mol. The van der Waals surface area contributed by atoms with Gasteiger partial charge in [-0.05, 0) is 13.3 Å². The van der Waals surface area contributed by atoms with E-state index in [1.54, 1.807) is 0 Å². The number of carbonyl (C=O) groups excluding carboxylic acids is 1. The topological polar surface area (TPSA) is 60.2 Å². The van der Waals surface area contributed by atoms with Gasteiger partial charge in [0.1, 0.15) is 5.82 Å². The molecule has 6 heteroatoms. The predicted molar refractivity (Wildman–Crippen MR) is 86.8 cm³/mol. The third-order valence-corrected chi connectivity index (χ3v) is 4.32. The van der Waals surface area contributed by atoms with Gasteiger partial charge < -0.3 is 14.2 Å². The molecule has 0 bridgehead atoms. The lowest BCUT2D eigenvalue weighted by atomic mass is 10.2. The van der Waals surface area contributed by atoms with Crippen molar-refractivity contribution in [2.75, 3.05) is 19.8 Å². The molecule has 2 heterocycles. The molecule has 1 aromatic carbocycles.